The first-order chi connectivity index (χ1) is 10.1. The molecule has 0 aliphatic carbocycles. The number of benzene rings is 1. The van der Waals surface area contributed by atoms with Crippen LogP contribution in [0, 0.1) is 10.1 Å². The maximum absolute atomic E-state index is 12.0. The van der Waals surface area contributed by atoms with Crippen LogP contribution in [-0.2, 0) is 6.42 Å². The number of nitrogens with zero attached hydrogens (tertiary/aromatic N) is 2. The first kappa shape index (κ1) is 14.9. The van der Waals surface area contributed by atoms with Crippen LogP contribution in [0.3, 0.4) is 0 Å². The molecule has 2 aromatic rings. The van der Waals surface area contributed by atoms with Crippen LogP contribution in [-0.4, -0.2) is 22.4 Å². The van der Waals surface area contributed by atoms with Gasteiger partial charge in [-0.15, -0.1) is 0 Å². The molecular weight excluding hydrogens is 294 g/mol. The van der Waals surface area contributed by atoms with Crippen LogP contribution in [0.1, 0.15) is 15.9 Å². The molecule has 1 aromatic heterocycles. The molecule has 1 N–H and O–H groups in total. The van der Waals surface area contributed by atoms with Crippen LogP contribution in [0.5, 0.6) is 0 Å². The molecule has 7 heteroatoms. The summed E-state index contributed by atoms with van der Waals surface area (Å²) >= 11 is 5.90. The molecule has 1 amide bonds. The second-order valence-electron chi connectivity index (χ2n) is 4.28. The molecule has 1 aromatic carbocycles. The number of carbonyl (C=O) groups excluding carboxylic acids is 1. The molecular formula is C14H12ClN3O3. The van der Waals surface area contributed by atoms with Gasteiger partial charge in [-0.3, -0.25) is 19.9 Å². The molecule has 0 bridgehead atoms. The van der Waals surface area contributed by atoms with Crippen molar-refractivity contribution in [2.75, 3.05) is 6.54 Å². The fourth-order valence-electron chi connectivity index (χ4n) is 1.77. The first-order valence-corrected chi connectivity index (χ1v) is 6.57. The smallest absolute Gasteiger partial charge is 0.270 e. The molecule has 108 valence electrons. The van der Waals surface area contributed by atoms with E-state index in [1.54, 1.807) is 12.4 Å². The number of non-ortho nitro benzene ring substituents is 1. The molecule has 0 unspecified atom stereocenters. The first-order valence-electron chi connectivity index (χ1n) is 6.19. The minimum absolute atomic E-state index is 0.0978. The Morgan fingerprint density at radius 3 is 2.67 bits per heavy atom. The summed E-state index contributed by atoms with van der Waals surface area (Å²) in [5.74, 6) is -0.433. The highest BCUT2D eigenvalue weighted by atomic mass is 35.5. The van der Waals surface area contributed by atoms with E-state index in [-0.39, 0.29) is 16.3 Å². The van der Waals surface area contributed by atoms with Crippen molar-refractivity contribution in [1.82, 2.24) is 10.3 Å². The van der Waals surface area contributed by atoms with E-state index in [1.807, 2.05) is 12.1 Å². The molecule has 0 fully saturated rings. The monoisotopic (exact) mass is 305 g/mol. The topological polar surface area (TPSA) is 85.1 Å². The van der Waals surface area contributed by atoms with Crippen molar-refractivity contribution in [2.45, 2.75) is 6.42 Å². The molecule has 6 nitrogen and oxygen atoms in total. The molecule has 0 aliphatic heterocycles. The number of nitrogens with one attached hydrogen (secondary N) is 1. The molecule has 0 aliphatic rings. The predicted octanol–water partition coefficient (Wildman–Crippen LogP) is 2.62. The highest BCUT2D eigenvalue weighted by Gasteiger charge is 2.15. The van der Waals surface area contributed by atoms with E-state index in [0.29, 0.717) is 13.0 Å². The van der Waals surface area contributed by atoms with Crippen molar-refractivity contribution in [2.24, 2.45) is 0 Å². The molecule has 0 saturated carbocycles. The fraction of sp³-hybridized carbons (Fsp3) is 0.143. The van der Waals surface area contributed by atoms with Gasteiger partial charge >= 0.3 is 0 Å². The van der Waals surface area contributed by atoms with Gasteiger partial charge in [0.1, 0.15) is 0 Å². The number of rotatable bonds is 5. The molecule has 0 radical (unpaired) electrons. The van der Waals surface area contributed by atoms with Crippen molar-refractivity contribution >= 4 is 23.2 Å². The van der Waals surface area contributed by atoms with Gasteiger partial charge in [-0.1, -0.05) is 11.6 Å². The largest absolute Gasteiger partial charge is 0.352 e. The Hall–Kier alpha value is -2.47. The van der Waals surface area contributed by atoms with Crippen molar-refractivity contribution < 1.29 is 9.72 Å². The number of halogens is 1. The minimum Gasteiger partial charge on any atom is -0.352 e. The minimum atomic E-state index is -0.565. The van der Waals surface area contributed by atoms with Crippen LogP contribution < -0.4 is 5.32 Å². The zero-order valence-corrected chi connectivity index (χ0v) is 11.7. The quantitative estimate of drug-likeness (QED) is 0.679. The third kappa shape index (κ3) is 4.00. The van der Waals surface area contributed by atoms with E-state index in [9.17, 15) is 14.9 Å². The summed E-state index contributed by atoms with van der Waals surface area (Å²) in [6.45, 7) is 0.405. The summed E-state index contributed by atoms with van der Waals surface area (Å²) in [5.41, 5.74) is 0.967. The summed E-state index contributed by atoms with van der Waals surface area (Å²) in [7, 11) is 0. The Kier molecular flexibility index (Phi) is 4.84. The summed E-state index contributed by atoms with van der Waals surface area (Å²) < 4.78 is 0. The van der Waals surface area contributed by atoms with E-state index < -0.39 is 10.8 Å². The van der Waals surface area contributed by atoms with Gasteiger partial charge in [0.25, 0.3) is 11.6 Å². The van der Waals surface area contributed by atoms with Gasteiger partial charge in [0.05, 0.1) is 15.5 Å². The highest BCUT2D eigenvalue weighted by molar-refractivity contribution is 6.33. The number of amides is 1. The van der Waals surface area contributed by atoms with Crippen LogP contribution in [0.25, 0.3) is 0 Å². The van der Waals surface area contributed by atoms with E-state index in [1.165, 1.54) is 18.2 Å². The van der Waals surface area contributed by atoms with E-state index in [0.717, 1.165) is 5.56 Å². The second kappa shape index (κ2) is 6.81. The predicted molar refractivity (Wildman–Crippen MR) is 78.4 cm³/mol. The van der Waals surface area contributed by atoms with Gasteiger partial charge < -0.3 is 5.32 Å². The molecule has 1 heterocycles. The van der Waals surface area contributed by atoms with Gasteiger partial charge in [-0.05, 0) is 30.2 Å². The second-order valence-corrected chi connectivity index (χ2v) is 4.69. The van der Waals surface area contributed by atoms with Crippen LogP contribution in [0.15, 0.2) is 42.7 Å². The number of hydrogen-bond donors (Lipinski definition) is 1. The van der Waals surface area contributed by atoms with Gasteiger partial charge in [-0.2, -0.15) is 0 Å². The number of hydrogen-bond acceptors (Lipinski definition) is 4. The van der Waals surface area contributed by atoms with Gasteiger partial charge in [0, 0.05) is 31.1 Å². The van der Waals surface area contributed by atoms with Crippen LogP contribution >= 0.6 is 11.6 Å². The van der Waals surface area contributed by atoms with Crippen molar-refractivity contribution in [3.8, 4) is 0 Å². The Bertz CT molecular complexity index is 662. The summed E-state index contributed by atoms with van der Waals surface area (Å²) in [4.78, 5) is 26.1. The van der Waals surface area contributed by atoms with Crippen LogP contribution in [0.2, 0.25) is 5.02 Å². The number of carbonyl (C=O) groups is 1. The number of pyridine rings is 1. The lowest BCUT2D eigenvalue weighted by atomic mass is 10.1. The van der Waals surface area contributed by atoms with Gasteiger partial charge in [0.15, 0.2) is 0 Å². The lowest BCUT2D eigenvalue weighted by molar-refractivity contribution is -0.384. The van der Waals surface area contributed by atoms with Gasteiger partial charge in [0.2, 0.25) is 0 Å². The van der Waals surface area contributed by atoms with E-state index >= 15 is 0 Å². The maximum atomic E-state index is 12.0. The van der Waals surface area contributed by atoms with Crippen molar-refractivity contribution in [3.05, 3.63) is 69.0 Å². The maximum Gasteiger partial charge on any atom is 0.270 e. The molecule has 2 rings (SSSR count). The van der Waals surface area contributed by atoms with Crippen LogP contribution in [0.4, 0.5) is 5.69 Å². The van der Waals surface area contributed by atoms with E-state index in [2.05, 4.69) is 10.3 Å². The normalized spacial score (nSPS) is 10.1. The lowest BCUT2D eigenvalue weighted by Gasteiger charge is -2.06. The fourth-order valence-corrected chi connectivity index (χ4v) is 1.97. The van der Waals surface area contributed by atoms with Gasteiger partial charge in [-0.25, -0.2) is 0 Å². The zero-order chi connectivity index (χ0) is 15.2. The average molecular weight is 306 g/mol. The highest BCUT2D eigenvalue weighted by Crippen LogP contribution is 2.21. The SMILES string of the molecule is O=C(NCCc1ccncc1)c1cc([N+](=O)[O-])ccc1Cl. The zero-order valence-electron chi connectivity index (χ0n) is 11.0. The molecule has 0 saturated heterocycles. The number of nitro groups is 1. The molecule has 21 heavy (non-hydrogen) atoms. The third-order valence-electron chi connectivity index (χ3n) is 2.85. The van der Waals surface area contributed by atoms with Crippen molar-refractivity contribution in [1.29, 1.82) is 0 Å². The Morgan fingerprint density at radius 1 is 1.29 bits per heavy atom. The molecule has 0 spiro atoms. The standard InChI is InChI=1S/C14H12ClN3O3/c15-13-2-1-11(18(20)21)9-12(13)14(19)17-8-5-10-3-6-16-7-4-10/h1-4,6-7,9H,5,8H2,(H,17,19). The summed E-state index contributed by atoms with van der Waals surface area (Å²) in [6, 6.07) is 7.48. The van der Waals surface area contributed by atoms with E-state index in [4.69, 9.17) is 11.6 Å². The summed E-state index contributed by atoms with van der Waals surface area (Å²) in [6.07, 6.45) is 3.99. The number of aromatic nitrogens is 1. The Labute approximate surface area is 125 Å². The van der Waals surface area contributed by atoms with Crippen molar-refractivity contribution in [3.63, 3.8) is 0 Å². The average Bonchev–Trinajstić information content (AvgIpc) is 2.48. The lowest BCUT2D eigenvalue weighted by Crippen LogP contribution is -2.26. The molecule has 0 atom stereocenters. The number of nitro benzene ring substituents is 1. The Morgan fingerprint density at radius 2 is 2.00 bits per heavy atom. The third-order valence-corrected chi connectivity index (χ3v) is 3.18. The Balaban J connectivity index is 2.00. The summed E-state index contributed by atoms with van der Waals surface area (Å²) in [5, 5.41) is 13.6.